The number of carbonyl (C=O) groups excluding carboxylic acids is 1. The van der Waals surface area contributed by atoms with Crippen molar-refractivity contribution in [3.63, 3.8) is 0 Å². The van der Waals surface area contributed by atoms with Crippen molar-refractivity contribution < 1.29 is 13.9 Å². The van der Waals surface area contributed by atoms with Gasteiger partial charge < -0.3 is 15.8 Å². The quantitative estimate of drug-likeness (QED) is 0.736. The maximum atomic E-state index is 13.3. The highest BCUT2D eigenvalue weighted by atomic mass is 35.5. The smallest absolute Gasteiger partial charge is 0.251 e. The number of benzene rings is 2. The van der Waals surface area contributed by atoms with E-state index in [1.54, 1.807) is 36.4 Å². The Morgan fingerprint density at radius 3 is 2.44 bits per heavy atom. The van der Waals surface area contributed by atoms with Crippen LogP contribution in [0.4, 0.5) is 10.1 Å². The lowest BCUT2D eigenvalue weighted by Crippen LogP contribution is -2.43. The molecule has 5 nitrogen and oxygen atoms in total. The second kappa shape index (κ2) is 11.1. The molecular formula is C19H24Cl2FN3O2. The van der Waals surface area contributed by atoms with Crippen LogP contribution in [0.25, 0.3) is 0 Å². The van der Waals surface area contributed by atoms with E-state index in [1.165, 1.54) is 12.1 Å². The fourth-order valence-electron chi connectivity index (χ4n) is 3.00. The summed E-state index contributed by atoms with van der Waals surface area (Å²) in [5.74, 6) is -0.444. The average Bonchev–Trinajstić information content (AvgIpc) is 2.64. The van der Waals surface area contributed by atoms with Crippen molar-refractivity contribution >= 4 is 36.4 Å². The molecule has 27 heavy (non-hydrogen) atoms. The van der Waals surface area contributed by atoms with Gasteiger partial charge in [-0.05, 0) is 35.9 Å². The van der Waals surface area contributed by atoms with Gasteiger partial charge in [0.1, 0.15) is 5.82 Å². The number of nitrogens with one attached hydrogen (secondary N) is 1. The number of ether oxygens (including phenoxy) is 1. The van der Waals surface area contributed by atoms with E-state index in [0.29, 0.717) is 31.0 Å². The SMILES string of the molecule is Cl.Cl.Nc1cccc(C(=O)NCC(c2ccc(F)cc2)N2CCOCC2)c1. The molecule has 1 aliphatic heterocycles. The first-order valence-corrected chi connectivity index (χ1v) is 8.34. The largest absolute Gasteiger partial charge is 0.399 e. The number of carbonyl (C=O) groups is 1. The minimum atomic E-state index is -0.270. The number of rotatable bonds is 5. The van der Waals surface area contributed by atoms with Crippen LogP contribution < -0.4 is 11.1 Å². The van der Waals surface area contributed by atoms with E-state index >= 15 is 0 Å². The zero-order valence-electron chi connectivity index (χ0n) is 14.8. The van der Waals surface area contributed by atoms with Gasteiger partial charge in [0, 0.05) is 30.9 Å². The Balaban J connectivity index is 0.00000182. The molecular weight excluding hydrogens is 392 g/mol. The fraction of sp³-hybridized carbons (Fsp3) is 0.316. The van der Waals surface area contributed by atoms with E-state index < -0.39 is 0 Å². The van der Waals surface area contributed by atoms with Crippen molar-refractivity contribution in [3.8, 4) is 0 Å². The number of halogens is 3. The van der Waals surface area contributed by atoms with E-state index in [4.69, 9.17) is 10.5 Å². The lowest BCUT2D eigenvalue weighted by molar-refractivity contribution is 0.0162. The molecule has 0 aromatic heterocycles. The zero-order chi connectivity index (χ0) is 17.6. The maximum absolute atomic E-state index is 13.3. The van der Waals surface area contributed by atoms with Gasteiger partial charge in [-0.15, -0.1) is 24.8 Å². The molecule has 8 heteroatoms. The van der Waals surface area contributed by atoms with Crippen molar-refractivity contribution in [1.29, 1.82) is 0 Å². The molecule has 2 aromatic rings. The highest BCUT2D eigenvalue weighted by Gasteiger charge is 2.23. The van der Waals surface area contributed by atoms with Gasteiger partial charge in [0.15, 0.2) is 0 Å². The van der Waals surface area contributed by atoms with Gasteiger partial charge in [-0.1, -0.05) is 18.2 Å². The first-order valence-electron chi connectivity index (χ1n) is 8.34. The zero-order valence-corrected chi connectivity index (χ0v) is 16.4. The topological polar surface area (TPSA) is 67.6 Å². The number of morpholine rings is 1. The standard InChI is InChI=1S/C19H22FN3O2.2ClH/c20-16-6-4-14(5-7-16)18(23-8-10-25-11-9-23)13-22-19(24)15-2-1-3-17(21)12-15;;/h1-7,12,18H,8-11,13,21H2,(H,22,24);2*1H. The van der Waals surface area contributed by atoms with Gasteiger partial charge >= 0.3 is 0 Å². The van der Waals surface area contributed by atoms with Gasteiger partial charge in [0.05, 0.1) is 19.3 Å². The van der Waals surface area contributed by atoms with Crippen molar-refractivity contribution in [2.24, 2.45) is 0 Å². The summed E-state index contributed by atoms with van der Waals surface area (Å²) in [6, 6.07) is 13.3. The van der Waals surface area contributed by atoms with Crippen LogP contribution in [0, 0.1) is 5.82 Å². The molecule has 0 aliphatic carbocycles. The summed E-state index contributed by atoms with van der Waals surface area (Å²) in [5, 5.41) is 2.97. The fourth-order valence-corrected chi connectivity index (χ4v) is 3.00. The molecule has 3 N–H and O–H groups in total. The molecule has 1 saturated heterocycles. The lowest BCUT2D eigenvalue weighted by Gasteiger charge is -2.35. The van der Waals surface area contributed by atoms with E-state index in [-0.39, 0.29) is 42.6 Å². The number of nitrogen functional groups attached to an aromatic ring is 1. The van der Waals surface area contributed by atoms with Crippen LogP contribution in [0.2, 0.25) is 0 Å². The lowest BCUT2D eigenvalue weighted by atomic mass is 10.0. The van der Waals surface area contributed by atoms with Crippen LogP contribution in [-0.4, -0.2) is 43.7 Å². The van der Waals surface area contributed by atoms with Gasteiger partial charge in [0.25, 0.3) is 5.91 Å². The molecule has 0 spiro atoms. The minimum Gasteiger partial charge on any atom is -0.399 e. The highest BCUT2D eigenvalue weighted by Crippen LogP contribution is 2.22. The number of anilines is 1. The van der Waals surface area contributed by atoms with E-state index in [0.717, 1.165) is 18.7 Å². The van der Waals surface area contributed by atoms with Crippen LogP contribution >= 0.6 is 24.8 Å². The average molecular weight is 416 g/mol. The first-order chi connectivity index (χ1) is 12.1. The Morgan fingerprint density at radius 1 is 1.15 bits per heavy atom. The number of hydrogen-bond donors (Lipinski definition) is 2. The van der Waals surface area contributed by atoms with Gasteiger partial charge in [-0.3, -0.25) is 9.69 Å². The summed E-state index contributed by atoms with van der Waals surface area (Å²) < 4.78 is 18.7. The maximum Gasteiger partial charge on any atom is 0.251 e. The second-order valence-electron chi connectivity index (χ2n) is 6.05. The number of hydrogen-bond acceptors (Lipinski definition) is 4. The summed E-state index contributed by atoms with van der Waals surface area (Å²) in [4.78, 5) is 14.6. The van der Waals surface area contributed by atoms with E-state index in [9.17, 15) is 9.18 Å². The van der Waals surface area contributed by atoms with Crippen molar-refractivity contribution in [2.45, 2.75) is 6.04 Å². The number of amides is 1. The Kier molecular flexibility index (Phi) is 9.52. The van der Waals surface area contributed by atoms with Crippen molar-refractivity contribution in [1.82, 2.24) is 10.2 Å². The second-order valence-corrected chi connectivity index (χ2v) is 6.05. The number of nitrogens with zero attached hydrogens (tertiary/aromatic N) is 1. The molecule has 0 saturated carbocycles. The van der Waals surface area contributed by atoms with E-state index in [1.807, 2.05) is 0 Å². The molecule has 0 bridgehead atoms. The predicted molar refractivity (Wildman–Crippen MR) is 109 cm³/mol. The Morgan fingerprint density at radius 2 is 1.81 bits per heavy atom. The molecule has 1 atom stereocenters. The third kappa shape index (κ3) is 6.36. The molecule has 2 aromatic carbocycles. The normalized spacial score (nSPS) is 15.1. The number of nitrogens with two attached hydrogens (primary N) is 1. The summed E-state index contributed by atoms with van der Waals surface area (Å²) in [6.45, 7) is 3.29. The van der Waals surface area contributed by atoms with Crippen LogP contribution in [0.5, 0.6) is 0 Å². The van der Waals surface area contributed by atoms with Gasteiger partial charge in [-0.25, -0.2) is 4.39 Å². The Hall–Kier alpha value is -1.86. The van der Waals surface area contributed by atoms with Crippen molar-refractivity contribution in [2.75, 3.05) is 38.6 Å². The molecule has 1 amide bonds. The third-order valence-corrected chi connectivity index (χ3v) is 4.35. The third-order valence-electron chi connectivity index (χ3n) is 4.35. The molecule has 1 heterocycles. The molecule has 3 rings (SSSR count). The van der Waals surface area contributed by atoms with Gasteiger partial charge in [0.2, 0.25) is 0 Å². The summed E-state index contributed by atoms with van der Waals surface area (Å²) in [7, 11) is 0. The summed E-state index contributed by atoms with van der Waals surface area (Å²) in [6.07, 6.45) is 0. The molecule has 1 unspecified atom stereocenters. The molecule has 148 valence electrons. The highest BCUT2D eigenvalue weighted by molar-refractivity contribution is 5.95. The van der Waals surface area contributed by atoms with Crippen LogP contribution in [0.15, 0.2) is 48.5 Å². The molecule has 1 aliphatic rings. The van der Waals surface area contributed by atoms with Gasteiger partial charge in [-0.2, -0.15) is 0 Å². The Bertz CT molecular complexity index is 725. The van der Waals surface area contributed by atoms with Crippen LogP contribution in [-0.2, 0) is 4.74 Å². The Labute approximate surface area is 170 Å². The molecule has 1 fully saturated rings. The summed E-state index contributed by atoms with van der Waals surface area (Å²) >= 11 is 0. The van der Waals surface area contributed by atoms with Crippen LogP contribution in [0.1, 0.15) is 22.0 Å². The van der Waals surface area contributed by atoms with Crippen molar-refractivity contribution in [3.05, 3.63) is 65.5 Å². The van der Waals surface area contributed by atoms with E-state index in [2.05, 4.69) is 10.2 Å². The first kappa shape index (κ1) is 23.2. The molecule has 0 radical (unpaired) electrons. The van der Waals surface area contributed by atoms with Crippen LogP contribution in [0.3, 0.4) is 0 Å². The minimum absolute atomic E-state index is 0. The summed E-state index contributed by atoms with van der Waals surface area (Å²) in [5.41, 5.74) is 7.78. The monoisotopic (exact) mass is 415 g/mol. The predicted octanol–water partition coefficient (Wildman–Crippen LogP) is 3.05.